The largest absolute Gasteiger partial charge is 0.374 e. The van der Waals surface area contributed by atoms with Crippen LogP contribution >= 0.6 is 11.8 Å². The van der Waals surface area contributed by atoms with E-state index in [1.54, 1.807) is 0 Å². The van der Waals surface area contributed by atoms with Crippen molar-refractivity contribution >= 4 is 17.4 Å². The van der Waals surface area contributed by atoms with Crippen LogP contribution in [0.5, 0.6) is 0 Å². The van der Waals surface area contributed by atoms with E-state index in [2.05, 4.69) is 92.2 Å². The quantitative estimate of drug-likeness (QED) is 0.727. The highest BCUT2D eigenvalue weighted by Gasteiger charge is 2.24. The van der Waals surface area contributed by atoms with Gasteiger partial charge in [-0.2, -0.15) is 0 Å². The van der Waals surface area contributed by atoms with Crippen molar-refractivity contribution in [2.45, 2.75) is 23.2 Å². The van der Waals surface area contributed by atoms with Crippen molar-refractivity contribution in [1.82, 2.24) is 0 Å². The molecule has 0 aromatic heterocycles. The topological polar surface area (TPSA) is 16.5 Å². The van der Waals surface area contributed by atoms with Crippen molar-refractivity contribution in [3.63, 3.8) is 0 Å². The zero-order valence-electron chi connectivity index (χ0n) is 15.3. The molecular formula is C23H25N2S+. The van der Waals surface area contributed by atoms with Crippen LogP contribution in [0, 0.1) is 0 Å². The molecule has 0 fully saturated rings. The number of rotatable bonds is 4. The Morgan fingerprint density at radius 1 is 0.885 bits per heavy atom. The average molecular weight is 362 g/mol. The lowest BCUT2D eigenvalue weighted by Gasteiger charge is -2.24. The van der Waals surface area contributed by atoms with E-state index in [0.717, 1.165) is 12.3 Å². The minimum atomic E-state index is 0.177. The van der Waals surface area contributed by atoms with Crippen molar-refractivity contribution in [3.8, 4) is 0 Å². The van der Waals surface area contributed by atoms with Gasteiger partial charge in [-0.25, -0.2) is 0 Å². The summed E-state index contributed by atoms with van der Waals surface area (Å²) in [6.07, 6.45) is 0. The van der Waals surface area contributed by atoms with Crippen LogP contribution in [-0.2, 0) is 12.3 Å². The SMILES string of the molecule is C[NH+](C)Cc1ccccc1N[C@H]1c2ccccc2CSc2ccccc21. The predicted molar refractivity (Wildman–Crippen MR) is 111 cm³/mol. The molecule has 0 bridgehead atoms. The number of quaternary nitrogens is 1. The molecule has 3 aromatic rings. The Balaban J connectivity index is 1.79. The van der Waals surface area contributed by atoms with Crippen LogP contribution in [0.1, 0.15) is 28.3 Å². The number of fused-ring (bicyclic) bond motifs is 2. The second-order valence-corrected chi connectivity index (χ2v) is 8.16. The molecule has 3 heteroatoms. The van der Waals surface area contributed by atoms with Gasteiger partial charge in [0.15, 0.2) is 0 Å². The standard InChI is InChI=1S/C23H24N2S/c1-25(2)15-17-9-4-7-13-21(17)24-23-19-11-5-3-10-18(19)16-26-22-14-8-6-12-20(22)23/h3-14,23-24H,15-16H2,1-2H3/p+1/t23-/m0/s1. The lowest BCUT2D eigenvalue weighted by atomic mass is 9.94. The fraction of sp³-hybridized carbons (Fsp3) is 0.217. The summed E-state index contributed by atoms with van der Waals surface area (Å²) in [7, 11) is 4.40. The lowest BCUT2D eigenvalue weighted by Crippen LogP contribution is -3.04. The highest BCUT2D eigenvalue weighted by Crippen LogP contribution is 2.41. The lowest BCUT2D eigenvalue weighted by molar-refractivity contribution is -0.872. The van der Waals surface area contributed by atoms with Crippen LogP contribution < -0.4 is 10.2 Å². The zero-order chi connectivity index (χ0) is 17.9. The van der Waals surface area contributed by atoms with E-state index in [-0.39, 0.29) is 6.04 Å². The molecule has 1 atom stereocenters. The Morgan fingerprint density at radius 3 is 2.42 bits per heavy atom. The number of para-hydroxylation sites is 1. The van der Waals surface area contributed by atoms with Gasteiger partial charge in [0.1, 0.15) is 6.54 Å². The first-order chi connectivity index (χ1) is 12.7. The molecule has 1 heterocycles. The van der Waals surface area contributed by atoms with Gasteiger partial charge in [-0.15, -0.1) is 11.8 Å². The highest BCUT2D eigenvalue weighted by atomic mass is 32.2. The predicted octanol–water partition coefficient (Wildman–Crippen LogP) is 4.14. The van der Waals surface area contributed by atoms with Crippen molar-refractivity contribution in [2.24, 2.45) is 0 Å². The molecular weight excluding hydrogens is 336 g/mol. The summed E-state index contributed by atoms with van der Waals surface area (Å²) in [5.41, 5.74) is 6.77. The van der Waals surface area contributed by atoms with Crippen molar-refractivity contribution in [3.05, 3.63) is 95.1 Å². The second kappa shape index (κ2) is 7.56. The Hall–Kier alpha value is -2.23. The van der Waals surface area contributed by atoms with Crippen LogP contribution in [0.3, 0.4) is 0 Å². The highest BCUT2D eigenvalue weighted by molar-refractivity contribution is 7.98. The number of thioether (sulfide) groups is 1. The molecule has 1 aliphatic rings. The van der Waals surface area contributed by atoms with Gasteiger partial charge >= 0.3 is 0 Å². The van der Waals surface area contributed by atoms with Crippen LogP contribution in [-0.4, -0.2) is 14.1 Å². The minimum Gasteiger partial charge on any atom is -0.374 e. The van der Waals surface area contributed by atoms with Crippen LogP contribution in [0.15, 0.2) is 77.7 Å². The second-order valence-electron chi connectivity index (χ2n) is 7.14. The molecule has 132 valence electrons. The maximum absolute atomic E-state index is 3.88. The third-order valence-corrected chi connectivity index (χ3v) is 5.98. The van der Waals surface area contributed by atoms with Gasteiger partial charge in [-0.05, 0) is 28.8 Å². The van der Waals surface area contributed by atoms with E-state index < -0.39 is 0 Å². The summed E-state index contributed by atoms with van der Waals surface area (Å²) in [5.74, 6) is 1.02. The number of anilines is 1. The monoisotopic (exact) mass is 361 g/mol. The summed E-state index contributed by atoms with van der Waals surface area (Å²) >= 11 is 1.94. The fourth-order valence-corrected chi connectivity index (χ4v) is 4.73. The maximum atomic E-state index is 3.88. The molecule has 26 heavy (non-hydrogen) atoms. The Bertz CT molecular complexity index is 856. The van der Waals surface area contributed by atoms with E-state index in [9.17, 15) is 0 Å². The van der Waals surface area contributed by atoms with Gasteiger partial charge < -0.3 is 10.2 Å². The van der Waals surface area contributed by atoms with Crippen molar-refractivity contribution in [2.75, 3.05) is 19.4 Å². The number of benzene rings is 3. The number of hydrogen-bond acceptors (Lipinski definition) is 2. The van der Waals surface area contributed by atoms with Gasteiger partial charge in [0.05, 0.1) is 20.1 Å². The van der Waals surface area contributed by atoms with E-state index in [1.165, 1.54) is 37.7 Å². The third-order valence-electron chi connectivity index (χ3n) is 4.84. The summed E-state index contributed by atoms with van der Waals surface area (Å²) in [5, 5.41) is 3.88. The first kappa shape index (κ1) is 17.2. The van der Waals surface area contributed by atoms with E-state index in [1.807, 2.05) is 11.8 Å². The fourth-order valence-electron chi connectivity index (χ4n) is 3.63. The summed E-state index contributed by atoms with van der Waals surface area (Å²) in [6, 6.07) is 26.5. The Kier molecular flexibility index (Phi) is 5.00. The molecule has 0 radical (unpaired) electrons. The summed E-state index contributed by atoms with van der Waals surface area (Å²) in [6.45, 7) is 1.01. The van der Waals surface area contributed by atoms with E-state index in [4.69, 9.17) is 0 Å². The van der Waals surface area contributed by atoms with Crippen molar-refractivity contribution in [1.29, 1.82) is 0 Å². The van der Waals surface area contributed by atoms with Gasteiger partial charge in [0, 0.05) is 21.9 Å². The molecule has 0 spiro atoms. The van der Waals surface area contributed by atoms with Gasteiger partial charge in [0.2, 0.25) is 0 Å². The number of hydrogen-bond donors (Lipinski definition) is 2. The van der Waals surface area contributed by atoms with Gasteiger partial charge in [-0.1, -0.05) is 60.7 Å². The molecule has 2 N–H and O–H groups in total. The van der Waals surface area contributed by atoms with Gasteiger partial charge in [0.25, 0.3) is 0 Å². The van der Waals surface area contributed by atoms with Crippen LogP contribution in [0.2, 0.25) is 0 Å². The summed E-state index contributed by atoms with van der Waals surface area (Å²) in [4.78, 5) is 2.80. The van der Waals surface area contributed by atoms with E-state index in [0.29, 0.717) is 0 Å². The normalized spacial score (nSPS) is 15.9. The van der Waals surface area contributed by atoms with E-state index >= 15 is 0 Å². The smallest absolute Gasteiger partial charge is 0.104 e. The average Bonchev–Trinajstić information content (AvgIpc) is 2.81. The van der Waals surface area contributed by atoms with Gasteiger partial charge in [-0.3, -0.25) is 0 Å². The Labute approximate surface area is 160 Å². The minimum absolute atomic E-state index is 0.177. The third kappa shape index (κ3) is 3.50. The van der Waals surface area contributed by atoms with Crippen LogP contribution in [0.25, 0.3) is 0 Å². The molecule has 0 amide bonds. The molecule has 3 aromatic carbocycles. The zero-order valence-corrected chi connectivity index (χ0v) is 16.1. The molecule has 0 saturated carbocycles. The van der Waals surface area contributed by atoms with Crippen LogP contribution in [0.4, 0.5) is 5.69 Å². The molecule has 0 saturated heterocycles. The molecule has 1 aliphatic heterocycles. The molecule has 0 unspecified atom stereocenters. The maximum Gasteiger partial charge on any atom is 0.104 e. The first-order valence-electron chi connectivity index (χ1n) is 9.15. The van der Waals surface area contributed by atoms with Crippen molar-refractivity contribution < 1.29 is 4.90 Å². The molecule has 4 rings (SSSR count). The number of nitrogens with one attached hydrogen (secondary N) is 2. The molecule has 0 aliphatic carbocycles. The summed E-state index contributed by atoms with van der Waals surface area (Å²) < 4.78 is 0. The molecule has 2 nitrogen and oxygen atoms in total. The first-order valence-corrected chi connectivity index (χ1v) is 10.1. The Morgan fingerprint density at radius 2 is 1.58 bits per heavy atom.